The largest absolute Gasteiger partial charge is 0.493 e. The summed E-state index contributed by atoms with van der Waals surface area (Å²) in [6, 6.07) is 4.70. The van der Waals surface area contributed by atoms with Crippen molar-refractivity contribution in [3.8, 4) is 17.2 Å². The smallest absolute Gasteiger partial charge is 0.417 e. The van der Waals surface area contributed by atoms with Gasteiger partial charge in [-0.15, -0.1) is 0 Å². The molecule has 0 saturated heterocycles. The van der Waals surface area contributed by atoms with E-state index >= 15 is 0 Å². The summed E-state index contributed by atoms with van der Waals surface area (Å²) in [5.41, 5.74) is -5.97. The molecule has 0 bridgehead atoms. The van der Waals surface area contributed by atoms with Crippen LogP contribution < -0.4 is 19.5 Å². The van der Waals surface area contributed by atoms with E-state index in [1.807, 2.05) is 13.8 Å². The van der Waals surface area contributed by atoms with Crippen molar-refractivity contribution in [1.82, 2.24) is 0 Å². The van der Waals surface area contributed by atoms with Crippen LogP contribution in [0.3, 0.4) is 0 Å². The van der Waals surface area contributed by atoms with Gasteiger partial charge in [0.25, 0.3) is 0 Å². The van der Waals surface area contributed by atoms with Crippen LogP contribution in [-0.2, 0) is 12.4 Å². The van der Waals surface area contributed by atoms with Gasteiger partial charge >= 0.3 is 12.4 Å². The van der Waals surface area contributed by atoms with Crippen LogP contribution in [-0.4, -0.2) is 25.3 Å². The van der Waals surface area contributed by atoms with E-state index in [2.05, 4.69) is 6.92 Å². The molecule has 0 spiro atoms. The summed E-state index contributed by atoms with van der Waals surface area (Å²) in [7, 11) is -1.12. The molecule has 1 unspecified atom stereocenters. The lowest BCUT2D eigenvalue weighted by atomic mass is 10.0. The standard InChI is InChI=1S/C30H39F6O4P/c1-4-7-10-16-38-21-19-24(39-17-11-8-5-2)27(25(20-21)40-18-12-9-6-3)41-28(37)26-22(29(31,32)33)14-13-15-23(26)30(34,35)36/h13-15,19-20,41H,4-12,16-18H2,1-3H3. The molecule has 0 aliphatic heterocycles. The van der Waals surface area contributed by atoms with Crippen molar-refractivity contribution in [3.63, 3.8) is 0 Å². The second-order valence-corrected chi connectivity index (χ2v) is 10.8. The van der Waals surface area contributed by atoms with Crippen LogP contribution in [0.4, 0.5) is 26.3 Å². The van der Waals surface area contributed by atoms with E-state index in [-0.39, 0.29) is 30.0 Å². The Morgan fingerprint density at radius 2 is 1.10 bits per heavy atom. The number of ether oxygens (including phenoxy) is 3. The van der Waals surface area contributed by atoms with Gasteiger partial charge in [0.2, 0.25) is 0 Å². The third kappa shape index (κ3) is 11.0. The van der Waals surface area contributed by atoms with Gasteiger partial charge in [0.05, 0.1) is 36.3 Å². The predicted molar refractivity (Wildman–Crippen MR) is 150 cm³/mol. The number of hydrogen-bond donors (Lipinski definition) is 0. The van der Waals surface area contributed by atoms with Gasteiger partial charge in [0.1, 0.15) is 17.2 Å². The molecule has 0 aliphatic carbocycles. The molecule has 41 heavy (non-hydrogen) atoms. The maximum Gasteiger partial charge on any atom is 0.417 e. The Morgan fingerprint density at radius 1 is 0.683 bits per heavy atom. The number of hydrogen-bond acceptors (Lipinski definition) is 4. The van der Waals surface area contributed by atoms with E-state index in [0.717, 1.165) is 44.9 Å². The number of alkyl halides is 6. The molecule has 2 aromatic rings. The number of halogens is 6. The van der Waals surface area contributed by atoms with E-state index in [1.165, 1.54) is 12.1 Å². The zero-order valence-electron chi connectivity index (χ0n) is 23.8. The Morgan fingerprint density at radius 3 is 1.49 bits per heavy atom. The van der Waals surface area contributed by atoms with Gasteiger partial charge in [-0.25, -0.2) is 0 Å². The van der Waals surface area contributed by atoms with Crippen molar-refractivity contribution < 1.29 is 45.3 Å². The molecule has 0 aliphatic rings. The highest BCUT2D eigenvalue weighted by Gasteiger charge is 2.43. The lowest BCUT2D eigenvalue weighted by molar-refractivity contribution is -0.143. The molecule has 0 aromatic heterocycles. The molecule has 2 rings (SSSR count). The van der Waals surface area contributed by atoms with Crippen LogP contribution in [0.1, 0.15) is 100 Å². The Balaban J connectivity index is 2.60. The van der Waals surface area contributed by atoms with Gasteiger partial charge in [0, 0.05) is 17.7 Å². The molecule has 0 saturated carbocycles. The van der Waals surface area contributed by atoms with Gasteiger partial charge < -0.3 is 14.2 Å². The molecule has 0 fully saturated rings. The van der Waals surface area contributed by atoms with Crippen molar-refractivity contribution >= 4 is 19.4 Å². The first-order chi connectivity index (χ1) is 19.4. The van der Waals surface area contributed by atoms with Gasteiger partial charge in [-0.3, -0.25) is 4.79 Å². The lowest BCUT2D eigenvalue weighted by Gasteiger charge is -2.21. The van der Waals surface area contributed by atoms with Crippen molar-refractivity contribution in [2.75, 3.05) is 19.8 Å². The van der Waals surface area contributed by atoms with E-state index in [9.17, 15) is 31.1 Å². The summed E-state index contributed by atoms with van der Waals surface area (Å²) >= 11 is 0. The fraction of sp³-hybridized carbons (Fsp3) is 0.567. The SMILES string of the molecule is CCCCCOc1cc(OCCCCC)c(PC(=O)c2c(C(F)(F)F)cccc2C(F)(F)F)c(OCCCCC)c1. The summed E-state index contributed by atoms with van der Waals surface area (Å²) in [5, 5.41) is 0.119. The van der Waals surface area contributed by atoms with Crippen LogP contribution in [0, 0.1) is 0 Å². The fourth-order valence-electron chi connectivity index (χ4n) is 4.06. The Bertz CT molecular complexity index is 1040. The van der Waals surface area contributed by atoms with Gasteiger partial charge in [-0.2, -0.15) is 26.3 Å². The zero-order valence-corrected chi connectivity index (χ0v) is 24.8. The Kier molecular flexibility index (Phi) is 14.3. The topological polar surface area (TPSA) is 44.8 Å². The zero-order chi connectivity index (χ0) is 30.5. The molecule has 2 aromatic carbocycles. The highest BCUT2D eigenvalue weighted by molar-refractivity contribution is 7.66. The maximum atomic E-state index is 13.8. The molecule has 4 nitrogen and oxygen atoms in total. The summed E-state index contributed by atoms with van der Waals surface area (Å²) in [6.07, 6.45) is -2.68. The minimum Gasteiger partial charge on any atom is -0.493 e. The van der Waals surface area contributed by atoms with E-state index in [4.69, 9.17) is 14.2 Å². The molecule has 0 radical (unpaired) electrons. The fourth-order valence-corrected chi connectivity index (χ4v) is 5.21. The number of benzene rings is 2. The van der Waals surface area contributed by atoms with Gasteiger partial charge in [0.15, 0.2) is 5.52 Å². The number of rotatable bonds is 18. The van der Waals surface area contributed by atoms with Gasteiger partial charge in [-0.05, 0) is 40.0 Å². The van der Waals surface area contributed by atoms with Crippen LogP contribution >= 0.6 is 8.58 Å². The van der Waals surface area contributed by atoms with Crippen LogP contribution in [0.15, 0.2) is 30.3 Å². The van der Waals surface area contributed by atoms with Crippen molar-refractivity contribution in [2.24, 2.45) is 0 Å². The first-order valence-corrected chi connectivity index (χ1v) is 15.1. The van der Waals surface area contributed by atoms with E-state index in [1.54, 1.807) is 0 Å². The molecule has 0 amide bonds. The van der Waals surface area contributed by atoms with Crippen molar-refractivity contribution in [3.05, 3.63) is 47.0 Å². The predicted octanol–water partition coefficient (Wildman–Crippen LogP) is 9.58. The lowest BCUT2D eigenvalue weighted by Crippen LogP contribution is -2.20. The highest BCUT2D eigenvalue weighted by Crippen LogP contribution is 2.43. The van der Waals surface area contributed by atoms with E-state index < -0.39 is 43.1 Å². The van der Waals surface area contributed by atoms with Crippen LogP contribution in [0.2, 0.25) is 0 Å². The molecular formula is C30H39F6O4P. The van der Waals surface area contributed by atoms with Crippen LogP contribution in [0.5, 0.6) is 17.2 Å². The molecule has 1 atom stereocenters. The molecule has 0 heterocycles. The maximum absolute atomic E-state index is 13.8. The third-order valence-electron chi connectivity index (χ3n) is 6.21. The average molecular weight is 609 g/mol. The quantitative estimate of drug-likeness (QED) is 0.0961. The monoisotopic (exact) mass is 608 g/mol. The molecule has 0 N–H and O–H groups in total. The molecule has 11 heteroatoms. The first kappa shape index (κ1) is 34.7. The molecular weight excluding hydrogens is 569 g/mol. The summed E-state index contributed by atoms with van der Waals surface area (Å²) in [6.45, 7) is 6.98. The van der Waals surface area contributed by atoms with Crippen molar-refractivity contribution in [2.45, 2.75) is 90.9 Å². The number of carbonyl (C=O) groups is 1. The van der Waals surface area contributed by atoms with Crippen molar-refractivity contribution in [1.29, 1.82) is 0 Å². The second-order valence-electron chi connectivity index (χ2n) is 9.64. The number of unbranched alkanes of at least 4 members (excludes halogenated alkanes) is 6. The van der Waals surface area contributed by atoms with Crippen LogP contribution in [0.25, 0.3) is 0 Å². The minimum absolute atomic E-state index is 0.119. The average Bonchev–Trinajstić information content (AvgIpc) is 2.91. The molecule has 230 valence electrons. The van der Waals surface area contributed by atoms with Gasteiger partial charge in [-0.1, -0.05) is 65.4 Å². The normalized spacial score (nSPS) is 12.2. The third-order valence-corrected chi connectivity index (χ3v) is 7.43. The highest BCUT2D eigenvalue weighted by atomic mass is 31.1. The summed E-state index contributed by atoms with van der Waals surface area (Å²) in [4.78, 5) is 13.4. The minimum atomic E-state index is -5.16. The Hall–Kier alpha value is -2.48. The summed E-state index contributed by atoms with van der Waals surface area (Å²) in [5.74, 6) is 0.707. The Labute approximate surface area is 239 Å². The second kappa shape index (κ2) is 16.8. The first-order valence-electron chi connectivity index (χ1n) is 14.1. The van der Waals surface area contributed by atoms with E-state index in [0.29, 0.717) is 43.4 Å². The summed E-state index contributed by atoms with van der Waals surface area (Å²) < 4.78 is 101. The number of carbonyl (C=O) groups excluding carboxylic acids is 1.